The van der Waals surface area contributed by atoms with E-state index in [-0.39, 0.29) is 36.4 Å². The lowest BCUT2D eigenvalue weighted by Gasteiger charge is -2.35. The summed E-state index contributed by atoms with van der Waals surface area (Å²) in [5.41, 5.74) is 1.79. The first-order valence-electron chi connectivity index (χ1n) is 11.1. The van der Waals surface area contributed by atoms with Crippen molar-refractivity contribution in [1.82, 2.24) is 15.5 Å². The predicted octanol–water partition coefficient (Wildman–Crippen LogP) is 3.84. The number of anilines is 1. The first kappa shape index (κ1) is 23.3. The fourth-order valence-corrected chi connectivity index (χ4v) is 4.14. The van der Waals surface area contributed by atoms with Crippen LogP contribution in [0.25, 0.3) is 11.4 Å². The van der Waals surface area contributed by atoms with Gasteiger partial charge in [0, 0.05) is 30.5 Å². The summed E-state index contributed by atoms with van der Waals surface area (Å²) in [6, 6.07) is 11.7. The number of rotatable bonds is 7. The van der Waals surface area contributed by atoms with Crippen LogP contribution in [-0.4, -0.2) is 27.9 Å². The molecule has 1 unspecified atom stereocenters. The number of nitrogens with one attached hydrogen (secondary N) is 2. The lowest BCUT2D eigenvalue weighted by atomic mass is 9.72. The van der Waals surface area contributed by atoms with Crippen molar-refractivity contribution in [3.63, 3.8) is 0 Å². The highest BCUT2D eigenvalue weighted by atomic mass is 19.1. The topological polar surface area (TPSA) is 114 Å². The Morgan fingerprint density at radius 3 is 2.65 bits per heavy atom. The van der Waals surface area contributed by atoms with Gasteiger partial charge in [-0.15, -0.1) is 0 Å². The van der Waals surface area contributed by atoms with Gasteiger partial charge < -0.3 is 9.84 Å². The Bertz CT molecular complexity index is 1240. The molecule has 176 valence electrons. The molecule has 1 fully saturated rings. The van der Waals surface area contributed by atoms with Crippen LogP contribution in [0.3, 0.4) is 0 Å². The number of aryl methyl sites for hydroxylation is 2. The van der Waals surface area contributed by atoms with Crippen molar-refractivity contribution in [2.75, 3.05) is 5.32 Å². The molecule has 9 heteroatoms. The average molecular weight is 464 g/mol. The predicted molar refractivity (Wildman–Crippen MR) is 122 cm³/mol. The van der Waals surface area contributed by atoms with Gasteiger partial charge in [0.15, 0.2) is 0 Å². The van der Waals surface area contributed by atoms with Gasteiger partial charge in [0.25, 0.3) is 0 Å². The molecule has 2 aromatic carbocycles. The first-order valence-corrected chi connectivity index (χ1v) is 11.1. The average Bonchev–Trinajstić information content (AvgIpc) is 3.30. The Balaban J connectivity index is 1.35. The van der Waals surface area contributed by atoms with Crippen molar-refractivity contribution in [1.29, 1.82) is 0 Å². The summed E-state index contributed by atoms with van der Waals surface area (Å²) < 4.78 is 18.7. The van der Waals surface area contributed by atoms with Crippen molar-refractivity contribution in [2.24, 2.45) is 0 Å². The van der Waals surface area contributed by atoms with E-state index >= 15 is 0 Å². The molecule has 0 bridgehead atoms. The Morgan fingerprint density at radius 2 is 1.97 bits per heavy atom. The minimum absolute atomic E-state index is 0.134. The van der Waals surface area contributed by atoms with Crippen LogP contribution < -0.4 is 10.6 Å². The van der Waals surface area contributed by atoms with E-state index in [0.29, 0.717) is 47.8 Å². The molecule has 1 atom stereocenters. The molecule has 1 aliphatic heterocycles. The molecule has 0 spiro atoms. The van der Waals surface area contributed by atoms with E-state index in [1.54, 1.807) is 31.2 Å². The first-order chi connectivity index (χ1) is 16.3. The second kappa shape index (κ2) is 9.54. The molecule has 1 aliphatic rings. The van der Waals surface area contributed by atoms with Crippen LogP contribution >= 0.6 is 0 Å². The van der Waals surface area contributed by atoms with Gasteiger partial charge in [-0.1, -0.05) is 24.2 Å². The number of halogens is 1. The van der Waals surface area contributed by atoms with Crippen LogP contribution in [0.2, 0.25) is 0 Å². The summed E-state index contributed by atoms with van der Waals surface area (Å²) in [5, 5.41) is 9.15. The molecule has 34 heavy (non-hydrogen) atoms. The normalized spacial score (nSPS) is 18.0. The number of amides is 3. The molecular formula is C25H25FN4O4. The number of imide groups is 1. The van der Waals surface area contributed by atoms with E-state index in [1.165, 1.54) is 6.07 Å². The Kier molecular flexibility index (Phi) is 6.54. The van der Waals surface area contributed by atoms with Gasteiger partial charge in [-0.25, -0.2) is 4.39 Å². The number of piperidine rings is 1. The van der Waals surface area contributed by atoms with Gasteiger partial charge in [-0.05, 0) is 61.2 Å². The Labute approximate surface area is 195 Å². The highest BCUT2D eigenvalue weighted by Gasteiger charge is 2.42. The summed E-state index contributed by atoms with van der Waals surface area (Å²) >= 11 is 0. The van der Waals surface area contributed by atoms with E-state index in [4.69, 9.17) is 4.52 Å². The molecular weight excluding hydrogens is 439 g/mol. The van der Waals surface area contributed by atoms with E-state index in [0.717, 1.165) is 5.56 Å². The molecule has 3 aromatic rings. The summed E-state index contributed by atoms with van der Waals surface area (Å²) in [7, 11) is 0. The minimum Gasteiger partial charge on any atom is -0.339 e. The third kappa shape index (κ3) is 4.73. The Morgan fingerprint density at radius 1 is 1.21 bits per heavy atom. The minimum atomic E-state index is -0.741. The Hall–Kier alpha value is -3.88. The maximum Gasteiger partial charge on any atom is 0.237 e. The lowest BCUT2D eigenvalue weighted by molar-refractivity contribution is -0.138. The second-order valence-electron chi connectivity index (χ2n) is 8.41. The van der Waals surface area contributed by atoms with Gasteiger partial charge in [-0.3, -0.25) is 19.7 Å². The van der Waals surface area contributed by atoms with Crippen molar-refractivity contribution >= 4 is 23.4 Å². The van der Waals surface area contributed by atoms with Crippen molar-refractivity contribution in [3.8, 4) is 11.4 Å². The molecule has 4 rings (SSSR count). The molecule has 0 aliphatic carbocycles. The van der Waals surface area contributed by atoms with Crippen LogP contribution in [0, 0.1) is 12.7 Å². The van der Waals surface area contributed by atoms with Crippen molar-refractivity contribution < 1.29 is 23.3 Å². The zero-order valence-corrected chi connectivity index (χ0v) is 19.0. The zero-order valence-electron chi connectivity index (χ0n) is 19.0. The van der Waals surface area contributed by atoms with E-state index in [1.807, 2.05) is 19.1 Å². The van der Waals surface area contributed by atoms with Crippen LogP contribution in [0.1, 0.15) is 49.6 Å². The second-order valence-corrected chi connectivity index (χ2v) is 8.41. The molecule has 1 saturated heterocycles. The number of hydrogen-bond donors (Lipinski definition) is 2. The molecule has 8 nitrogen and oxygen atoms in total. The standard InChI is InChI=1S/C25H25FN4O4/c1-3-25(13-12-21(32)28-24(25)33)17-5-7-18(8-6-17)27-20(31)10-11-22-29-23(30-34-22)16-4-9-19(26)15(2)14-16/h4-9,14H,3,10-13H2,1-2H3,(H,27,31)(H,28,32,33). The number of hydrogen-bond acceptors (Lipinski definition) is 6. The molecule has 2 N–H and O–H groups in total. The van der Waals surface area contributed by atoms with E-state index < -0.39 is 5.41 Å². The van der Waals surface area contributed by atoms with Gasteiger partial charge >= 0.3 is 0 Å². The van der Waals surface area contributed by atoms with Crippen molar-refractivity contribution in [2.45, 2.75) is 51.4 Å². The number of benzene rings is 2. The molecule has 2 heterocycles. The van der Waals surface area contributed by atoms with Gasteiger partial charge in [-0.2, -0.15) is 4.98 Å². The number of carbonyl (C=O) groups excluding carboxylic acids is 3. The maximum atomic E-state index is 13.5. The number of aromatic nitrogens is 2. The third-order valence-electron chi connectivity index (χ3n) is 6.24. The van der Waals surface area contributed by atoms with E-state index in [2.05, 4.69) is 20.8 Å². The number of nitrogens with zero attached hydrogens (tertiary/aromatic N) is 2. The summed E-state index contributed by atoms with van der Waals surface area (Å²) in [4.78, 5) is 40.7. The van der Waals surface area contributed by atoms with Gasteiger partial charge in [0.05, 0.1) is 5.41 Å². The highest BCUT2D eigenvalue weighted by molar-refractivity contribution is 6.03. The van der Waals surface area contributed by atoms with Gasteiger partial charge in [0.1, 0.15) is 5.82 Å². The lowest BCUT2D eigenvalue weighted by Crippen LogP contribution is -2.51. The highest BCUT2D eigenvalue weighted by Crippen LogP contribution is 2.36. The molecule has 0 radical (unpaired) electrons. The van der Waals surface area contributed by atoms with Crippen molar-refractivity contribution in [3.05, 3.63) is 65.3 Å². The molecule has 1 aromatic heterocycles. The fraction of sp³-hybridized carbons (Fsp3) is 0.320. The van der Waals surface area contributed by atoms with Crippen LogP contribution in [0.15, 0.2) is 47.0 Å². The quantitative estimate of drug-likeness (QED) is 0.514. The zero-order chi connectivity index (χ0) is 24.3. The number of carbonyl (C=O) groups is 3. The smallest absolute Gasteiger partial charge is 0.237 e. The largest absolute Gasteiger partial charge is 0.339 e. The molecule has 3 amide bonds. The van der Waals surface area contributed by atoms with Crippen LogP contribution in [-0.2, 0) is 26.2 Å². The SMILES string of the molecule is CCC1(c2ccc(NC(=O)CCc3nc(-c4ccc(F)c(C)c4)no3)cc2)CCC(=O)NC1=O. The summed E-state index contributed by atoms with van der Waals surface area (Å²) in [6.45, 7) is 3.58. The van der Waals surface area contributed by atoms with Gasteiger partial charge in [0.2, 0.25) is 29.4 Å². The monoisotopic (exact) mass is 464 g/mol. The van der Waals surface area contributed by atoms with E-state index in [9.17, 15) is 18.8 Å². The third-order valence-corrected chi connectivity index (χ3v) is 6.24. The summed E-state index contributed by atoms with van der Waals surface area (Å²) in [5.74, 6) is -0.412. The maximum absolute atomic E-state index is 13.5. The fourth-order valence-electron chi connectivity index (χ4n) is 4.14. The molecule has 0 saturated carbocycles. The summed E-state index contributed by atoms with van der Waals surface area (Å²) in [6.07, 6.45) is 1.72. The van der Waals surface area contributed by atoms with Crippen LogP contribution in [0.4, 0.5) is 10.1 Å². The van der Waals surface area contributed by atoms with Crippen LogP contribution in [0.5, 0.6) is 0 Å².